The maximum absolute atomic E-state index is 12.1. The molecule has 21 heavy (non-hydrogen) atoms. The van der Waals surface area contributed by atoms with E-state index in [1.165, 1.54) is 0 Å². The van der Waals surface area contributed by atoms with Gasteiger partial charge in [0.15, 0.2) is 0 Å². The van der Waals surface area contributed by atoms with Gasteiger partial charge in [-0.15, -0.1) is 0 Å². The molecule has 0 bridgehead atoms. The molecule has 5 heteroatoms. The average Bonchev–Trinajstić information content (AvgIpc) is 2.95. The van der Waals surface area contributed by atoms with Gasteiger partial charge in [-0.1, -0.05) is 12.1 Å². The van der Waals surface area contributed by atoms with Crippen molar-refractivity contribution in [3.8, 4) is 5.75 Å². The topological polar surface area (TPSA) is 75.6 Å². The molecule has 114 valence electrons. The highest BCUT2D eigenvalue weighted by atomic mass is 16.5. The molecule has 1 aliphatic carbocycles. The van der Waals surface area contributed by atoms with Crippen LogP contribution in [0.15, 0.2) is 18.2 Å². The van der Waals surface area contributed by atoms with Crippen LogP contribution in [0.5, 0.6) is 5.75 Å². The Hall–Kier alpha value is -2.04. The molecule has 0 spiro atoms. The number of carboxylic acid groups (broad SMARTS) is 1. The Morgan fingerprint density at radius 1 is 1.33 bits per heavy atom. The van der Waals surface area contributed by atoms with Crippen molar-refractivity contribution in [3.05, 3.63) is 29.3 Å². The second kappa shape index (κ2) is 6.61. The maximum atomic E-state index is 12.1. The Bertz CT molecular complexity index is 541. The van der Waals surface area contributed by atoms with Gasteiger partial charge in [0.1, 0.15) is 5.75 Å². The van der Waals surface area contributed by atoms with Crippen molar-refractivity contribution in [3.63, 3.8) is 0 Å². The van der Waals surface area contributed by atoms with Crippen LogP contribution in [0, 0.1) is 18.8 Å². The molecule has 1 aromatic rings. The van der Waals surface area contributed by atoms with Gasteiger partial charge in [0.05, 0.1) is 13.0 Å². The highest BCUT2D eigenvalue weighted by Crippen LogP contribution is 2.31. The molecule has 2 atom stereocenters. The summed E-state index contributed by atoms with van der Waals surface area (Å²) in [7, 11) is 1.61. The maximum Gasteiger partial charge on any atom is 0.306 e. The summed E-state index contributed by atoms with van der Waals surface area (Å²) < 4.78 is 5.30. The smallest absolute Gasteiger partial charge is 0.306 e. The molecule has 0 aliphatic heterocycles. The third kappa shape index (κ3) is 3.74. The quantitative estimate of drug-likeness (QED) is 0.871. The zero-order valence-electron chi connectivity index (χ0n) is 12.4. The van der Waals surface area contributed by atoms with Crippen LogP contribution in [-0.4, -0.2) is 24.1 Å². The minimum Gasteiger partial charge on any atom is -0.496 e. The van der Waals surface area contributed by atoms with Gasteiger partial charge < -0.3 is 15.2 Å². The number of carbonyl (C=O) groups excluding carboxylic acids is 1. The summed E-state index contributed by atoms with van der Waals surface area (Å²) in [5.41, 5.74) is 2.02. The molecule has 0 saturated heterocycles. The number of rotatable bonds is 5. The second-order valence-corrected chi connectivity index (χ2v) is 5.58. The first kappa shape index (κ1) is 15.4. The minimum absolute atomic E-state index is 0.0682. The van der Waals surface area contributed by atoms with Crippen molar-refractivity contribution in [2.75, 3.05) is 7.11 Å². The lowest BCUT2D eigenvalue weighted by Gasteiger charge is -2.13. The minimum atomic E-state index is -0.800. The van der Waals surface area contributed by atoms with E-state index in [1.807, 2.05) is 25.1 Å². The van der Waals surface area contributed by atoms with E-state index in [9.17, 15) is 9.59 Å². The zero-order valence-corrected chi connectivity index (χ0v) is 12.4. The van der Waals surface area contributed by atoms with E-state index in [1.54, 1.807) is 7.11 Å². The molecule has 1 amide bonds. The monoisotopic (exact) mass is 291 g/mol. The van der Waals surface area contributed by atoms with Crippen LogP contribution in [0.4, 0.5) is 0 Å². The van der Waals surface area contributed by atoms with Gasteiger partial charge >= 0.3 is 5.97 Å². The van der Waals surface area contributed by atoms with E-state index in [2.05, 4.69) is 5.32 Å². The molecule has 1 aromatic carbocycles. The fourth-order valence-corrected chi connectivity index (χ4v) is 2.77. The summed E-state index contributed by atoms with van der Waals surface area (Å²) in [4.78, 5) is 23.0. The number of carboxylic acids is 1. The summed E-state index contributed by atoms with van der Waals surface area (Å²) in [6.45, 7) is 2.38. The van der Waals surface area contributed by atoms with Gasteiger partial charge in [-0.25, -0.2) is 0 Å². The largest absolute Gasteiger partial charge is 0.496 e. The zero-order chi connectivity index (χ0) is 15.4. The van der Waals surface area contributed by atoms with E-state index in [0.717, 1.165) is 16.9 Å². The molecule has 0 heterocycles. The summed E-state index contributed by atoms with van der Waals surface area (Å²) in [5, 5.41) is 11.8. The number of amides is 1. The number of nitrogens with one attached hydrogen (secondary N) is 1. The Labute approximate surface area is 124 Å². The Morgan fingerprint density at radius 2 is 2.05 bits per heavy atom. The van der Waals surface area contributed by atoms with Gasteiger partial charge in [-0.2, -0.15) is 0 Å². The first-order valence-electron chi connectivity index (χ1n) is 7.15. The number of aryl methyl sites for hydroxylation is 1. The molecule has 1 saturated carbocycles. The lowest BCUT2D eigenvalue weighted by Crippen LogP contribution is -2.29. The number of ether oxygens (including phenoxy) is 1. The summed E-state index contributed by atoms with van der Waals surface area (Å²) >= 11 is 0. The first-order valence-corrected chi connectivity index (χ1v) is 7.15. The number of benzene rings is 1. The third-order valence-electron chi connectivity index (χ3n) is 4.05. The molecule has 0 aromatic heterocycles. The molecular formula is C16H21NO4. The molecule has 1 aliphatic rings. The van der Waals surface area contributed by atoms with E-state index in [4.69, 9.17) is 9.84 Å². The molecular weight excluding hydrogens is 270 g/mol. The predicted octanol–water partition coefficient (Wildman–Crippen LogP) is 2.12. The SMILES string of the molecule is COc1cc(C)ccc1CNC(=O)[C@@H]1CC[C@H](C(=O)O)C1. The van der Waals surface area contributed by atoms with Crippen molar-refractivity contribution < 1.29 is 19.4 Å². The Morgan fingerprint density at radius 3 is 2.67 bits per heavy atom. The predicted molar refractivity (Wildman–Crippen MR) is 78.0 cm³/mol. The van der Waals surface area contributed by atoms with Gasteiger partial charge in [0.25, 0.3) is 0 Å². The van der Waals surface area contributed by atoms with E-state index in [0.29, 0.717) is 25.8 Å². The molecule has 2 rings (SSSR count). The fourth-order valence-electron chi connectivity index (χ4n) is 2.77. The molecule has 1 fully saturated rings. The molecule has 0 radical (unpaired) electrons. The number of aliphatic carboxylic acids is 1. The van der Waals surface area contributed by atoms with Crippen molar-refractivity contribution in [1.29, 1.82) is 0 Å². The van der Waals surface area contributed by atoms with Crippen LogP contribution in [0.1, 0.15) is 30.4 Å². The molecule has 5 nitrogen and oxygen atoms in total. The van der Waals surface area contributed by atoms with Crippen LogP contribution >= 0.6 is 0 Å². The standard InChI is InChI=1S/C16H21NO4/c1-10-3-4-13(14(7-10)21-2)9-17-15(18)11-5-6-12(8-11)16(19)20/h3-4,7,11-12H,5-6,8-9H2,1-2H3,(H,17,18)(H,19,20)/t11-,12+/m1/s1. The highest BCUT2D eigenvalue weighted by molar-refractivity contribution is 5.80. The van der Waals surface area contributed by atoms with E-state index < -0.39 is 5.97 Å². The summed E-state index contributed by atoms with van der Waals surface area (Å²) in [5.74, 6) is -0.686. The number of carbonyl (C=O) groups is 2. The van der Waals surface area contributed by atoms with Crippen molar-refractivity contribution >= 4 is 11.9 Å². The lowest BCUT2D eigenvalue weighted by molar-refractivity contribution is -0.141. The second-order valence-electron chi connectivity index (χ2n) is 5.58. The first-order chi connectivity index (χ1) is 10.0. The van der Waals surface area contributed by atoms with Crippen molar-refractivity contribution in [2.24, 2.45) is 11.8 Å². The van der Waals surface area contributed by atoms with Crippen molar-refractivity contribution in [1.82, 2.24) is 5.32 Å². The lowest BCUT2D eigenvalue weighted by atomic mass is 10.0. The fraction of sp³-hybridized carbons (Fsp3) is 0.500. The van der Waals surface area contributed by atoms with Crippen LogP contribution in [-0.2, 0) is 16.1 Å². The Balaban J connectivity index is 1.91. The van der Waals surface area contributed by atoms with Gasteiger partial charge in [0, 0.05) is 18.0 Å². The van der Waals surface area contributed by atoms with Crippen LogP contribution < -0.4 is 10.1 Å². The summed E-state index contributed by atoms with van der Waals surface area (Å²) in [6, 6.07) is 5.83. The highest BCUT2D eigenvalue weighted by Gasteiger charge is 2.33. The number of methoxy groups -OCH3 is 1. The average molecular weight is 291 g/mol. The van der Waals surface area contributed by atoms with Crippen LogP contribution in [0.3, 0.4) is 0 Å². The number of hydrogen-bond donors (Lipinski definition) is 2. The van der Waals surface area contributed by atoms with Crippen molar-refractivity contribution in [2.45, 2.75) is 32.7 Å². The summed E-state index contributed by atoms with van der Waals surface area (Å²) in [6.07, 6.45) is 1.67. The third-order valence-corrected chi connectivity index (χ3v) is 4.05. The normalized spacial score (nSPS) is 21.0. The van der Waals surface area contributed by atoms with Crippen LogP contribution in [0.2, 0.25) is 0 Å². The molecule has 2 N–H and O–H groups in total. The number of hydrogen-bond acceptors (Lipinski definition) is 3. The Kier molecular flexibility index (Phi) is 4.83. The van der Waals surface area contributed by atoms with Gasteiger partial charge in [0.2, 0.25) is 5.91 Å². The van der Waals surface area contributed by atoms with E-state index in [-0.39, 0.29) is 17.7 Å². The van der Waals surface area contributed by atoms with Gasteiger partial charge in [-0.3, -0.25) is 9.59 Å². The van der Waals surface area contributed by atoms with E-state index >= 15 is 0 Å². The molecule has 0 unspecified atom stereocenters. The van der Waals surface area contributed by atoms with Gasteiger partial charge in [-0.05, 0) is 37.8 Å². The van der Waals surface area contributed by atoms with Crippen LogP contribution in [0.25, 0.3) is 0 Å².